The molecule has 1 unspecified atom stereocenters. The lowest BCUT2D eigenvalue weighted by Gasteiger charge is -2.20. The number of alkyl halides is 1. The average Bonchev–Trinajstić information content (AvgIpc) is 2.95. The molecule has 1 atom stereocenters. The molecule has 2 aromatic rings. The van der Waals surface area contributed by atoms with Crippen molar-refractivity contribution < 1.29 is 31.8 Å². The molecular weight excluding hydrogens is 482 g/mol. The molecule has 0 bridgehead atoms. The molecule has 1 aromatic carbocycles. The normalized spacial score (nSPS) is 12.8. The molecule has 2 N–H and O–H groups in total. The predicted octanol–water partition coefficient (Wildman–Crippen LogP) is 3.83. The van der Waals surface area contributed by atoms with Gasteiger partial charge in [0.1, 0.15) is 17.1 Å². The third kappa shape index (κ3) is 5.90. The number of ether oxygens (including phenoxy) is 2. The first-order valence-electron chi connectivity index (χ1n) is 8.87. The van der Waals surface area contributed by atoms with E-state index in [-0.39, 0.29) is 23.8 Å². The summed E-state index contributed by atoms with van der Waals surface area (Å²) in [6.07, 6.45) is 0.390. The monoisotopic (exact) mass is 507 g/mol. The van der Waals surface area contributed by atoms with E-state index in [0.717, 1.165) is 0 Å². The van der Waals surface area contributed by atoms with Crippen LogP contribution in [-0.2, 0) is 10.9 Å². The molecule has 0 spiro atoms. The van der Waals surface area contributed by atoms with Crippen LogP contribution in [0.15, 0.2) is 22.6 Å². The molecule has 0 amide bonds. The Hall–Kier alpha value is -1.69. The highest BCUT2D eigenvalue weighted by atomic mass is 79.9. The van der Waals surface area contributed by atoms with Crippen LogP contribution >= 0.6 is 15.9 Å². The van der Waals surface area contributed by atoms with Gasteiger partial charge in [0, 0.05) is 6.54 Å². The van der Waals surface area contributed by atoms with E-state index in [2.05, 4.69) is 20.7 Å². The zero-order chi connectivity index (χ0) is 21.8. The Bertz CT molecular complexity index is 893. The molecule has 0 saturated heterocycles. The van der Waals surface area contributed by atoms with Crippen LogP contribution in [0.1, 0.15) is 17.0 Å². The summed E-state index contributed by atoms with van der Waals surface area (Å²) in [5, 5.41) is 11.0. The number of nitrogens with one attached hydrogen (secondary N) is 1. The van der Waals surface area contributed by atoms with E-state index in [4.69, 9.17) is 18.3 Å². The first-order valence-corrected chi connectivity index (χ1v) is 14.4. The highest BCUT2D eigenvalue weighted by Crippen LogP contribution is 2.52. The zero-order valence-corrected chi connectivity index (χ0v) is 20.4. The summed E-state index contributed by atoms with van der Waals surface area (Å²) in [7, 11) is -1.76. The topological polar surface area (TPSA) is 107 Å². The number of halogens is 1. The van der Waals surface area contributed by atoms with Gasteiger partial charge in [-0.15, -0.1) is 0 Å². The van der Waals surface area contributed by atoms with Crippen molar-refractivity contribution in [1.82, 2.24) is 4.72 Å². The highest BCUT2D eigenvalue weighted by molar-refractivity contribution is 9.09. The summed E-state index contributed by atoms with van der Waals surface area (Å²) < 4.78 is 46.9. The second-order valence-corrected chi connectivity index (χ2v) is 13.5. The molecule has 1 aromatic heterocycles. The molecular formula is C18H26BrNO7SSi. The Morgan fingerprint density at radius 2 is 1.79 bits per heavy atom. The predicted molar refractivity (Wildman–Crippen MR) is 117 cm³/mol. The van der Waals surface area contributed by atoms with Gasteiger partial charge < -0.3 is 23.4 Å². The van der Waals surface area contributed by atoms with Crippen molar-refractivity contribution in [2.75, 3.05) is 20.8 Å². The molecule has 8 nitrogen and oxygen atoms in total. The van der Waals surface area contributed by atoms with Gasteiger partial charge in [-0.3, -0.25) is 0 Å². The number of rotatable bonds is 10. The molecule has 0 aliphatic carbocycles. The first kappa shape index (κ1) is 23.6. The van der Waals surface area contributed by atoms with Crippen LogP contribution in [0, 0.1) is 0 Å². The summed E-state index contributed by atoms with van der Waals surface area (Å²) in [5.74, 6) is 1.55. The van der Waals surface area contributed by atoms with E-state index in [1.165, 1.54) is 14.2 Å². The van der Waals surface area contributed by atoms with Crippen LogP contribution < -0.4 is 18.6 Å². The molecule has 0 aliphatic heterocycles. The van der Waals surface area contributed by atoms with Crippen molar-refractivity contribution >= 4 is 35.1 Å². The fourth-order valence-electron chi connectivity index (χ4n) is 2.69. The fourth-order valence-corrected chi connectivity index (χ4v) is 4.35. The van der Waals surface area contributed by atoms with E-state index in [0.29, 0.717) is 29.2 Å². The Balaban J connectivity index is 2.59. The van der Waals surface area contributed by atoms with Crippen molar-refractivity contribution in [2.45, 2.75) is 30.9 Å². The lowest BCUT2D eigenvalue weighted by atomic mass is 10.1. The number of hydrogen-bond donors (Lipinski definition) is 3. The van der Waals surface area contributed by atoms with Gasteiger partial charge in [0.15, 0.2) is 17.3 Å². The molecule has 0 fully saturated rings. The molecule has 2 rings (SSSR count). The van der Waals surface area contributed by atoms with Gasteiger partial charge in [0.25, 0.3) is 0 Å². The molecule has 11 heteroatoms. The number of thiol groups is 1. The summed E-state index contributed by atoms with van der Waals surface area (Å²) in [6.45, 7) is 6.16. The quantitative estimate of drug-likeness (QED) is 0.254. The Morgan fingerprint density at radius 1 is 1.21 bits per heavy atom. The second-order valence-electron chi connectivity index (χ2n) is 7.15. The molecule has 29 heavy (non-hydrogen) atoms. The van der Waals surface area contributed by atoms with Crippen molar-refractivity contribution in [3.05, 3.63) is 24.0 Å². The Labute approximate surface area is 181 Å². The van der Waals surface area contributed by atoms with Crippen molar-refractivity contribution in [2.24, 2.45) is 0 Å². The van der Waals surface area contributed by atoms with Crippen molar-refractivity contribution in [3.63, 3.8) is 0 Å². The summed E-state index contributed by atoms with van der Waals surface area (Å²) in [4.78, 5) is -0.392. The van der Waals surface area contributed by atoms with Gasteiger partial charge in [-0.05, 0) is 38.2 Å². The summed E-state index contributed by atoms with van der Waals surface area (Å²) >= 11 is 3.52. The number of benzene rings is 1. The number of aromatic hydroxyl groups is 1. The van der Waals surface area contributed by atoms with Crippen LogP contribution in [0.4, 0.5) is 0 Å². The van der Waals surface area contributed by atoms with Crippen molar-refractivity contribution in [3.8, 4) is 34.3 Å². The Kier molecular flexibility index (Phi) is 8.03. The third-order valence-corrected chi connectivity index (χ3v) is 6.02. The van der Waals surface area contributed by atoms with Crippen LogP contribution in [0.3, 0.4) is 0 Å². The maximum absolute atomic E-state index is 11.0. The zero-order valence-electron chi connectivity index (χ0n) is 16.9. The smallest absolute Gasteiger partial charge is 0.242 e. The van der Waals surface area contributed by atoms with Crippen LogP contribution in [0.2, 0.25) is 19.6 Å². The average molecular weight is 508 g/mol. The van der Waals surface area contributed by atoms with Gasteiger partial charge >= 0.3 is 0 Å². The lowest BCUT2D eigenvalue weighted by molar-refractivity contribution is 0.391. The minimum Gasteiger partial charge on any atom is -0.539 e. The summed E-state index contributed by atoms with van der Waals surface area (Å²) in [5.41, 5.74) is 0.460. The van der Waals surface area contributed by atoms with E-state index in [9.17, 15) is 13.5 Å². The van der Waals surface area contributed by atoms with Gasteiger partial charge in [0.2, 0.25) is 25.0 Å². The van der Waals surface area contributed by atoms with Gasteiger partial charge in [-0.2, -0.15) is 0 Å². The van der Waals surface area contributed by atoms with Gasteiger partial charge in [-0.1, -0.05) is 22.0 Å². The maximum Gasteiger partial charge on any atom is 0.242 e. The molecule has 162 valence electrons. The van der Waals surface area contributed by atoms with Gasteiger partial charge in [0.05, 0.1) is 19.0 Å². The third-order valence-electron chi connectivity index (χ3n) is 3.85. The molecule has 0 saturated carbocycles. The van der Waals surface area contributed by atoms with E-state index in [1.807, 2.05) is 19.6 Å². The van der Waals surface area contributed by atoms with Crippen LogP contribution in [0.5, 0.6) is 23.0 Å². The largest absolute Gasteiger partial charge is 0.539 e. The Morgan fingerprint density at radius 3 is 2.28 bits per heavy atom. The first-order chi connectivity index (χ1) is 13.6. The molecule has 1 heterocycles. The van der Waals surface area contributed by atoms with Crippen molar-refractivity contribution in [1.29, 1.82) is 0 Å². The second kappa shape index (κ2) is 9.87. The van der Waals surface area contributed by atoms with Gasteiger partial charge in [-0.25, -0.2) is 13.1 Å². The van der Waals surface area contributed by atoms with E-state index in [1.54, 1.807) is 18.2 Å². The number of furan rings is 1. The van der Waals surface area contributed by atoms with E-state index < -0.39 is 24.0 Å². The SMILES string of the molecule is COc1cccc(OC)c1-c1oc(C(Br)CCN[SH](=O)=O)c(O[Si](C)(C)C)c1O. The van der Waals surface area contributed by atoms with Crippen LogP contribution in [-0.4, -0.2) is 42.6 Å². The standard InChI is InChI=1S/C18H26BrNO7SSi/c1-24-12-7-6-8-13(25-2)14(12)17-15(21)18(27-29(3,4)5)16(26-17)11(19)9-10-20-28(22)23/h6-8,11,21,28H,9-10H2,1-5H3,(H,20,22,23). The number of hydrogen-bond acceptors (Lipinski definition) is 7. The lowest BCUT2D eigenvalue weighted by Crippen LogP contribution is -2.29. The maximum atomic E-state index is 11.0. The minimum atomic E-state index is -2.69. The minimum absolute atomic E-state index is 0.155. The summed E-state index contributed by atoms with van der Waals surface area (Å²) in [6, 6.07) is 5.24. The molecule has 0 aliphatic rings. The van der Waals surface area contributed by atoms with E-state index >= 15 is 0 Å². The molecule has 0 radical (unpaired) electrons. The number of methoxy groups -OCH3 is 2. The van der Waals surface area contributed by atoms with Crippen LogP contribution in [0.25, 0.3) is 11.3 Å². The fraction of sp³-hybridized carbons (Fsp3) is 0.444. The highest BCUT2D eigenvalue weighted by Gasteiger charge is 2.32.